The molecule has 5 heteroatoms. The number of hydrogen-bond acceptors (Lipinski definition) is 4. The average Bonchev–Trinajstić information content (AvgIpc) is 2.42. The number of nitrogens with one attached hydrogen (secondary N) is 2. The average molecular weight is 265 g/mol. The van der Waals surface area contributed by atoms with Crippen LogP contribution in [0.1, 0.15) is 10.4 Å². The fourth-order valence-electron chi connectivity index (χ4n) is 1.48. The highest BCUT2D eigenvalue weighted by atomic mass is 16.5. The monoisotopic (exact) mass is 265 g/mol. The molecule has 106 valence electrons. The second-order valence-corrected chi connectivity index (χ2v) is 4.50. The van der Waals surface area contributed by atoms with Crippen molar-refractivity contribution in [1.29, 1.82) is 0 Å². The van der Waals surface area contributed by atoms with Gasteiger partial charge in [-0.2, -0.15) is 0 Å². The molecule has 0 fully saturated rings. The third-order valence-electron chi connectivity index (χ3n) is 2.65. The van der Waals surface area contributed by atoms with E-state index in [2.05, 4.69) is 15.5 Å². The third kappa shape index (κ3) is 6.22. The molecular weight excluding hydrogens is 242 g/mol. The molecule has 0 saturated heterocycles. The Morgan fingerprint density at radius 1 is 1.21 bits per heavy atom. The Kier molecular flexibility index (Phi) is 6.92. The summed E-state index contributed by atoms with van der Waals surface area (Å²) in [7, 11) is 5.85. The molecular formula is C14H23N3O2. The normalized spacial score (nSPS) is 10.5. The highest BCUT2D eigenvalue weighted by Gasteiger charge is 2.03. The summed E-state index contributed by atoms with van der Waals surface area (Å²) >= 11 is 0. The van der Waals surface area contributed by atoms with E-state index in [1.165, 1.54) is 0 Å². The van der Waals surface area contributed by atoms with Crippen molar-refractivity contribution in [2.45, 2.75) is 0 Å². The first-order valence-corrected chi connectivity index (χ1v) is 6.42. The summed E-state index contributed by atoms with van der Waals surface area (Å²) in [6.07, 6.45) is 0. The van der Waals surface area contributed by atoms with Crippen LogP contribution in [0.15, 0.2) is 24.3 Å². The zero-order chi connectivity index (χ0) is 14.1. The quantitative estimate of drug-likeness (QED) is 0.690. The fraction of sp³-hybridized carbons (Fsp3) is 0.500. The first kappa shape index (κ1) is 15.5. The number of ether oxygens (including phenoxy) is 1. The van der Waals surface area contributed by atoms with Crippen LogP contribution in [0.25, 0.3) is 0 Å². The number of amides is 1. The number of carbonyl (C=O) groups is 1. The van der Waals surface area contributed by atoms with Crippen molar-refractivity contribution >= 4 is 11.6 Å². The van der Waals surface area contributed by atoms with Gasteiger partial charge in [0.1, 0.15) is 0 Å². The molecule has 0 aliphatic heterocycles. The first-order chi connectivity index (χ1) is 9.13. The van der Waals surface area contributed by atoms with Crippen LogP contribution in [0.3, 0.4) is 0 Å². The lowest BCUT2D eigenvalue weighted by atomic mass is 10.2. The summed E-state index contributed by atoms with van der Waals surface area (Å²) in [6.45, 7) is 2.63. The summed E-state index contributed by atoms with van der Waals surface area (Å²) in [5.74, 6) is -0.0705. The number of anilines is 1. The van der Waals surface area contributed by atoms with Crippen LogP contribution in [0.4, 0.5) is 5.69 Å². The van der Waals surface area contributed by atoms with E-state index in [1.54, 1.807) is 12.1 Å². The van der Waals surface area contributed by atoms with Crippen molar-refractivity contribution in [2.75, 3.05) is 52.8 Å². The highest BCUT2D eigenvalue weighted by Crippen LogP contribution is 2.08. The minimum absolute atomic E-state index is 0.0705. The van der Waals surface area contributed by atoms with Gasteiger partial charge in [-0.1, -0.05) is 0 Å². The molecule has 0 heterocycles. The first-order valence-electron chi connectivity index (χ1n) is 6.42. The van der Waals surface area contributed by atoms with Gasteiger partial charge < -0.3 is 20.3 Å². The minimum atomic E-state index is -0.0705. The molecule has 1 aromatic rings. The van der Waals surface area contributed by atoms with Gasteiger partial charge in [-0.3, -0.25) is 4.79 Å². The standard InChI is InChI=1S/C14H23N3O2/c1-15-13-6-4-12(5-7-13)14(18)16-8-10-19-11-9-17(2)3/h4-7,15H,8-11H2,1-3H3,(H,16,18). The Hall–Kier alpha value is -1.59. The molecule has 0 unspecified atom stereocenters. The molecule has 2 N–H and O–H groups in total. The Morgan fingerprint density at radius 3 is 2.47 bits per heavy atom. The largest absolute Gasteiger partial charge is 0.388 e. The second-order valence-electron chi connectivity index (χ2n) is 4.50. The van der Waals surface area contributed by atoms with Gasteiger partial charge in [-0.15, -0.1) is 0 Å². The van der Waals surface area contributed by atoms with Gasteiger partial charge in [0.05, 0.1) is 13.2 Å². The van der Waals surface area contributed by atoms with Gasteiger partial charge in [-0.05, 0) is 38.4 Å². The van der Waals surface area contributed by atoms with Crippen LogP contribution in [0.5, 0.6) is 0 Å². The maximum absolute atomic E-state index is 11.8. The fourth-order valence-corrected chi connectivity index (χ4v) is 1.48. The molecule has 1 rings (SSSR count). The maximum Gasteiger partial charge on any atom is 0.251 e. The molecule has 0 radical (unpaired) electrons. The highest BCUT2D eigenvalue weighted by molar-refractivity contribution is 5.94. The number of benzene rings is 1. The lowest BCUT2D eigenvalue weighted by Crippen LogP contribution is -2.28. The van der Waals surface area contributed by atoms with Gasteiger partial charge >= 0.3 is 0 Å². The van der Waals surface area contributed by atoms with Crippen LogP contribution >= 0.6 is 0 Å². The van der Waals surface area contributed by atoms with E-state index in [-0.39, 0.29) is 5.91 Å². The van der Waals surface area contributed by atoms with E-state index >= 15 is 0 Å². The van der Waals surface area contributed by atoms with Crippen LogP contribution in [-0.2, 0) is 4.74 Å². The van der Waals surface area contributed by atoms with E-state index in [4.69, 9.17) is 4.74 Å². The zero-order valence-corrected chi connectivity index (χ0v) is 11.9. The lowest BCUT2D eigenvalue weighted by molar-refractivity contribution is 0.0900. The van der Waals surface area contributed by atoms with E-state index < -0.39 is 0 Å². The van der Waals surface area contributed by atoms with Crippen LogP contribution in [0.2, 0.25) is 0 Å². The van der Waals surface area contributed by atoms with Crippen LogP contribution < -0.4 is 10.6 Å². The molecule has 1 aromatic carbocycles. The van der Waals surface area contributed by atoms with E-state index in [1.807, 2.05) is 33.3 Å². The summed E-state index contributed by atoms with van der Waals surface area (Å²) < 4.78 is 5.40. The molecule has 0 spiro atoms. The van der Waals surface area contributed by atoms with Crippen molar-refractivity contribution < 1.29 is 9.53 Å². The van der Waals surface area contributed by atoms with Crippen LogP contribution in [-0.4, -0.2) is 58.3 Å². The van der Waals surface area contributed by atoms with Crippen molar-refractivity contribution in [2.24, 2.45) is 0 Å². The smallest absolute Gasteiger partial charge is 0.251 e. The van der Waals surface area contributed by atoms with Crippen molar-refractivity contribution in [1.82, 2.24) is 10.2 Å². The molecule has 0 aliphatic carbocycles. The second kappa shape index (κ2) is 8.50. The van der Waals surface area contributed by atoms with Gasteiger partial charge in [-0.25, -0.2) is 0 Å². The Labute approximate surface area is 114 Å². The van der Waals surface area contributed by atoms with Gasteiger partial charge in [0.15, 0.2) is 0 Å². The third-order valence-corrected chi connectivity index (χ3v) is 2.65. The van der Waals surface area contributed by atoms with Crippen molar-refractivity contribution in [3.05, 3.63) is 29.8 Å². The van der Waals surface area contributed by atoms with Gasteiger partial charge in [0, 0.05) is 31.4 Å². The molecule has 5 nitrogen and oxygen atoms in total. The van der Waals surface area contributed by atoms with Crippen LogP contribution in [0, 0.1) is 0 Å². The number of carbonyl (C=O) groups excluding carboxylic acids is 1. The molecule has 0 atom stereocenters. The van der Waals surface area contributed by atoms with Gasteiger partial charge in [0.25, 0.3) is 5.91 Å². The SMILES string of the molecule is CNc1ccc(C(=O)NCCOCCN(C)C)cc1. The predicted molar refractivity (Wildman–Crippen MR) is 77.7 cm³/mol. The van der Waals surface area contributed by atoms with E-state index in [0.29, 0.717) is 25.3 Å². The van der Waals surface area contributed by atoms with Gasteiger partial charge in [0.2, 0.25) is 0 Å². The molecule has 0 aliphatic rings. The number of rotatable bonds is 8. The summed E-state index contributed by atoms with van der Waals surface area (Å²) in [6, 6.07) is 7.35. The predicted octanol–water partition coefficient (Wildman–Crippen LogP) is 1.04. The Bertz CT molecular complexity index is 377. The summed E-state index contributed by atoms with van der Waals surface area (Å²) in [5, 5.41) is 5.84. The molecule has 0 aromatic heterocycles. The number of nitrogens with zero attached hydrogens (tertiary/aromatic N) is 1. The molecule has 0 bridgehead atoms. The Balaban J connectivity index is 2.20. The number of hydrogen-bond donors (Lipinski definition) is 2. The molecule has 0 saturated carbocycles. The zero-order valence-electron chi connectivity index (χ0n) is 11.9. The van der Waals surface area contributed by atoms with E-state index in [0.717, 1.165) is 12.2 Å². The summed E-state index contributed by atoms with van der Waals surface area (Å²) in [4.78, 5) is 13.8. The summed E-state index contributed by atoms with van der Waals surface area (Å²) in [5.41, 5.74) is 1.65. The van der Waals surface area contributed by atoms with E-state index in [9.17, 15) is 4.79 Å². The number of likely N-dealkylation sites (N-methyl/N-ethyl adjacent to an activating group) is 1. The Morgan fingerprint density at radius 2 is 1.89 bits per heavy atom. The molecule has 19 heavy (non-hydrogen) atoms. The lowest BCUT2D eigenvalue weighted by Gasteiger charge is -2.10. The topological polar surface area (TPSA) is 53.6 Å². The van der Waals surface area contributed by atoms with Crippen molar-refractivity contribution in [3.63, 3.8) is 0 Å². The minimum Gasteiger partial charge on any atom is -0.388 e. The molecule has 1 amide bonds. The maximum atomic E-state index is 11.8. The van der Waals surface area contributed by atoms with Crippen molar-refractivity contribution in [3.8, 4) is 0 Å².